The maximum atomic E-state index is 12.2. The van der Waals surface area contributed by atoms with Gasteiger partial charge < -0.3 is 30.6 Å². The van der Waals surface area contributed by atoms with Crippen LogP contribution in [-0.4, -0.2) is 54.3 Å². The summed E-state index contributed by atoms with van der Waals surface area (Å²) in [6.07, 6.45) is 2.91. The van der Waals surface area contributed by atoms with Gasteiger partial charge in [-0.15, -0.1) is 11.3 Å². The Morgan fingerprint density at radius 2 is 2.19 bits per heavy atom. The summed E-state index contributed by atoms with van der Waals surface area (Å²) in [7, 11) is -1.26. The van der Waals surface area contributed by atoms with Gasteiger partial charge >= 0.3 is 13.1 Å². The summed E-state index contributed by atoms with van der Waals surface area (Å²) in [5.74, 6) is -1.87. The van der Waals surface area contributed by atoms with Crippen molar-refractivity contribution in [2.24, 2.45) is 5.73 Å². The lowest BCUT2D eigenvalue weighted by atomic mass is 9.77. The highest BCUT2D eigenvalue weighted by Gasteiger charge is 2.32. The molecule has 2 unspecified atom stereocenters. The van der Waals surface area contributed by atoms with Crippen LogP contribution >= 0.6 is 11.3 Å². The van der Waals surface area contributed by atoms with Gasteiger partial charge in [-0.3, -0.25) is 9.59 Å². The summed E-state index contributed by atoms with van der Waals surface area (Å²) >= 11 is 1.49. The van der Waals surface area contributed by atoms with E-state index in [-0.39, 0.29) is 18.7 Å². The quantitative estimate of drug-likeness (QED) is 0.270. The normalized spacial score (nSPS) is 20.0. The molecule has 0 fully saturated rings. The number of thiophene rings is 1. The first-order chi connectivity index (χ1) is 12.5. The van der Waals surface area contributed by atoms with Crippen molar-refractivity contribution in [3.63, 3.8) is 0 Å². The lowest BCUT2D eigenvalue weighted by Crippen LogP contribution is -2.48. The molecule has 5 N–H and O–H groups in total. The summed E-state index contributed by atoms with van der Waals surface area (Å²) in [5, 5.41) is 21.6. The van der Waals surface area contributed by atoms with Crippen molar-refractivity contribution in [3.8, 4) is 0 Å². The van der Waals surface area contributed by atoms with E-state index < -0.39 is 25.1 Å². The highest BCUT2D eigenvalue weighted by molar-refractivity contribution is 7.12. The molecule has 2 atom stereocenters. The first kappa shape index (κ1) is 20.6. The predicted molar refractivity (Wildman–Crippen MR) is 97.5 cm³/mol. The van der Waals surface area contributed by atoms with Gasteiger partial charge in [0.2, 0.25) is 5.91 Å². The molecule has 1 aliphatic heterocycles. The second-order valence-electron chi connectivity index (χ2n) is 5.89. The number of rotatable bonds is 9. The van der Waals surface area contributed by atoms with Gasteiger partial charge in [0.15, 0.2) is 0 Å². The Bertz CT molecular complexity index is 638. The van der Waals surface area contributed by atoms with Gasteiger partial charge in [0.1, 0.15) is 0 Å². The number of carbonyl (C=O) groups excluding carboxylic acids is 1. The van der Waals surface area contributed by atoms with Crippen molar-refractivity contribution >= 4 is 30.3 Å². The average molecular weight is 382 g/mol. The minimum atomic E-state index is -1.26. The zero-order chi connectivity index (χ0) is 18.9. The van der Waals surface area contributed by atoms with E-state index in [1.165, 1.54) is 11.3 Å². The van der Waals surface area contributed by atoms with Crippen LogP contribution < -0.4 is 11.1 Å². The van der Waals surface area contributed by atoms with Crippen molar-refractivity contribution in [1.29, 1.82) is 0 Å². The predicted octanol–water partition coefficient (Wildman–Crippen LogP) is 0.0902. The molecule has 0 spiro atoms. The fraction of sp³-hybridized carbons (Fsp3) is 0.500. The second-order valence-corrected chi connectivity index (χ2v) is 7.14. The number of hydrogen-bond acceptors (Lipinski definition) is 7. The van der Waals surface area contributed by atoms with Crippen LogP contribution in [0.25, 0.3) is 0 Å². The van der Waals surface area contributed by atoms with Gasteiger partial charge in [-0.05, 0) is 18.6 Å². The fourth-order valence-corrected chi connectivity index (χ4v) is 3.45. The standard InChI is InChI=1S/C16H23BN2O6S/c18-6-7-24-10-13-5-4-12(26-13)9-15(20)19-14-3-1-2-11(8-16(21)22)25-17(14)23/h1-2,4-5,11,14,23H,3,6-10,18H2,(H,19,20)(H,21,22). The summed E-state index contributed by atoms with van der Waals surface area (Å²) in [6, 6.07) is 3.78. The molecule has 0 bridgehead atoms. The number of nitrogens with one attached hydrogen (secondary N) is 1. The Morgan fingerprint density at radius 3 is 2.92 bits per heavy atom. The molecule has 2 rings (SSSR count). The first-order valence-corrected chi connectivity index (χ1v) is 9.16. The van der Waals surface area contributed by atoms with E-state index in [4.69, 9.17) is 20.2 Å². The summed E-state index contributed by atoms with van der Waals surface area (Å²) in [6.45, 7) is 1.42. The third-order valence-electron chi connectivity index (χ3n) is 3.68. The zero-order valence-corrected chi connectivity index (χ0v) is 15.1. The van der Waals surface area contributed by atoms with Crippen LogP contribution in [0.1, 0.15) is 22.6 Å². The van der Waals surface area contributed by atoms with Gasteiger partial charge in [0.25, 0.3) is 0 Å². The topological polar surface area (TPSA) is 131 Å². The average Bonchev–Trinajstić information content (AvgIpc) is 2.93. The molecular formula is C16H23BN2O6S. The molecule has 1 amide bonds. The number of ether oxygens (including phenoxy) is 1. The van der Waals surface area contributed by atoms with Crippen molar-refractivity contribution in [3.05, 3.63) is 34.0 Å². The number of nitrogens with two attached hydrogens (primary N) is 1. The highest BCUT2D eigenvalue weighted by Crippen LogP contribution is 2.18. The minimum Gasteiger partial charge on any atom is -0.481 e. The molecule has 26 heavy (non-hydrogen) atoms. The summed E-state index contributed by atoms with van der Waals surface area (Å²) < 4.78 is 10.7. The molecule has 10 heteroatoms. The van der Waals surface area contributed by atoms with Gasteiger partial charge in [0.05, 0.1) is 38.1 Å². The molecule has 2 heterocycles. The minimum absolute atomic E-state index is 0.188. The third kappa shape index (κ3) is 6.89. The molecule has 0 aliphatic carbocycles. The number of carboxylic acids is 1. The van der Waals surface area contributed by atoms with Crippen molar-refractivity contribution in [2.45, 2.75) is 37.9 Å². The molecule has 1 aliphatic rings. The van der Waals surface area contributed by atoms with Crippen LogP contribution in [-0.2, 0) is 32.0 Å². The zero-order valence-electron chi connectivity index (χ0n) is 14.3. The molecule has 1 aromatic heterocycles. The monoisotopic (exact) mass is 382 g/mol. The smallest absolute Gasteiger partial charge is 0.478 e. The van der Waals surface area contributed by atoms with Crippen molar-refractivity contribution < 1.29 is 29.1 Å². The SMILES string of the molecule is NCCOCc1ccc(CC(=O)NC2CC=CC(CC(=O)O)OB2O)s1. The van der Waals surface area contributed by atoms with E-state index in [0.717, 1.165) is 9.75 Å². The molecule has 1 aromatic rings. The van der Waals surface area contributed by atoms with Crippen molar-refractivity contribution in [2.75, 3.05) is 13.2 Å². The lowest BCUT2D eigenvalue weighted by molar-refractivity contribution is -0.138. The van der Waals surface area contributed by atoms with E-state index in [9.17, 15) is 14.6 Å². The van der Waals surface area contributed by atoms with Crippen LogP contribution in [0.2, 0.25) is 0 Å². The van der Waals surface area contributed by atoms with Gasteiger partial charge in [-0.2, -0.15) is 0 Å². The molecule has 0 radical (unpaired) electrons. The van der Waals surface area contributed by atoms with Gasteiger partial charge in [0, 0.05) is 16.3 Å². The summed E-state index contributed by atoms with van der Waals surface area (Å²) in [4.78, 5) is 24.9. The van der Waals surface area contributed by atoms with Crippen LogP contribution in [0.3, 0.4) is 0 Å². The molecule has 142 valence electrons. The second kappa shape index (κ2) is 10.4. The maximum Gasteiger partial charge on any atom is 0.478 e. The molecule has 0 saturated carbocycles. The van der Waals surface area contributed by atoms with Crippen LogP contribution in [0, 0.1) is 0 Å². The van der Waals surface area contributed by atoms with E-state index in [1.807, 2.05) is 12.1 Å². The number of carboxylic acid groups (broad SMARTS) is 1. The van der Waals surface area contributed by atoms with Crippen LogP contribution in [0.15, 0.2) is 24.3 Å². The Balaban J connectivity index is 1.82. The Labute approximate surface area is 156 Å². The summed E-state index contributed by atoms with van der Waals surface area (Å²) in [5.41, 5.74) is 5.37. The molecule has 8 nitrogen and oxygen atoms in total. The Kier molecular flexibility index (Phi) is 8.27. The van der Waals surface area contributed by atoms with Crippen molar-refractivity contribution in [1.82, 2.24) is 5.32 Å². The molecular weight excluding hydrogens is 359 g/mol. The highest BCUT2D eigenvalue weighted by atomic mass is 32.1. The van der Waals surface area contributed by atoms with E-state index in [2.05, 4.69) is 5.32 Å². The number of carbonyl (C=O) groups is 2. The van der Waals surface area contributed by atoms with E-state index in [1.54, 1.807) is 12.2 Å². The number of aliphatic carboxylic acids is 1. The Hall–Kier alpha value is -1.72. The van der Waals surface area contributed by atoms with Crippen LogP contribution in [0.5, 0.6) is 0 Å². The van der Waals surface area contributed by atoms with E-state index in [0.29, 0.717) is 26.2 Å². The van der Waals surface area contributed by atoms with Crippen LogP contribution in [0.4, 0.5) is 0 Å². The largest absolute Gasteiger partial charge is 0.481 e. The maximum absolute atomic E-state index is 12.2. The van der Waals surface area contributed by atoms with Gasteiger partial charge in [-0.1, -0.05) is 12.2 Å². The third-order valence-corrected chi connectivity index (χ3v) is 4.74. The molecule has 0 saturated heterocycles. The first-order valence-electron chi connectivity index (χ1n) is 8.34. The number of amides is 1. The molecule has 0 aromatic carbocycles. The lowest BCUT2D eigenvalue weighted by Gasteiger charge is -2.20. The number of hydrogen-bond donors (Lipinski definition) is 4. The van der Waals surface area contributed by atoms with Gasteiger partial charge in [-0.25, -0.2) is 0 Å². The Morgan fingerprint density at radius 1 is 1.42 bits per heavy atom. The fourth-order valence-electron chi connectivity index (χ4n) is 2.50. The van der Waals surface area contributed by atoms with E-state index >= 15 is 0 Å².